The summed E-state index contributed by atoms with van der Waals surface area (Å²) >= 11 is 1.24. The van der Waals surface area contributed by atoms with Crippen LogP contribution in [-0.4, -0.2) is 27.2 Å². The van der Waals surface area contributed by atoms with Gasteiger partial charge in [-0.25, -0.2) is 9.78 Å². The van der Waals surface area contributed by atoms with Gasteiger partial charge in [0.1, 0.15) is 17.9 Å². The zero-order valence-electron chi connectivity index (χ0n) is 14.1. The summed E-state index contributed by atoms with van der Waals surface area (Å²) in [6, 6.07) is 5.83. The maximum Gasteiger partial charge on any atom is 0.345 e. The van der Waals surface area contributed by atoms with E-state index < -0.39 is 11.5 Å². The minimum Gasteiger partial charge on any atom is -0.486 e. The van der Waals surface area contributed by atoms with Crippen LogP contribution in [0.1, 0.15) is 33.4 Å². The van der Waals surface area contributed by atoms with E-state index in [1.165, 1.54) is 17.5 Å². The van der Waals surface area contributed by atoms with Crippen LogP contribution in [-0.2, 0) is 11.3 Å². The van der Waals surface area contributed by atoms with Gasteiger partial charge in [-0.2, -0.15) is 9.61 Å². The lowest BCUT2D eigenvalue weighted by atomic mass is 10.1. The summed E-state index contributed by atoms with van der Waals surface area (Å²) < 4.78 is 11.8. The van der Waals surface area contributed by atoms with E-state index in [-0.39, 0.29) is 18.8 Å². The van der Waals surface area contributed by atoms with Crippen molar-refractivity contribution in [3.8, 4) is 5.75 Å². The molecule has 8 heteroatoms. The van der Waals surface area contributed by atoms with E-state index in [4.69, 9.17) is 9.47 Å². The smallest absolute Gasteiger partial charge is 0.345 e. The summed E-state index contributed by atoms with van der Waals surface area (Å²) in [7, 11) is 0. The second kappa shape index (κ2) is 7.02. The first-order valence-corrected chi connectivity index (χ1v) is 8.56. The molecule has 0 atom stereocenters. The van der Waals surface area contributed by atoms with Crippen LogP contribution >= 0.6 is 11.3 Å². The van der Waals surface area contributed by atoms with Crippen LogP contribution in [0, 0.1) is 13.8 Å². The molecule has 0 unspecified atom stereocenters. The van der Waals surface area contributed by atoms with Gasteiger partial charge in [0.2, 0.25) is 4.96 Å². The third-order valence-corrected chi connectivity index (χ3v) is 4.63. The zero-order valence-corrected chi connectivity index (χ0v) is 14.9. The van der Waals surface area contributed by atoms with E-state index in [0.29, 0.717) is 9.97 Å². The molecular formula is C17H17N3O4S. The van der Waals surface area contributed by atoms with Gasteiger partial charge in [0.15, 0.2) is 5.01 Å². The Kier molecular flexibility index (Phi) is 4.80. The lowest BCUT2D eigenvalue weighted by Crippen LogP contribution is -2.24. The van der Waals surface area contributed by atoms with E-state index in [2.05, 4.69) is 10.1 Å². The average molecular weight is 359 g/mol. The lowest BCUT2D eigenvalue weighted by molar-refractivity contribution is 0.0523. The van der Waals surface area contributed by atoms with E-state index in [1.807, 2.05) is 32.0 Å². The van der Waals surface area contributed by atoms with Crippen LogP contribution in [0.15, 0.2) is 29.2 Å². The van der Waals surface area contributed by atoms with Gasteiger partial charge in [-0.15, -0.1) is 0 Å². The quantitative estimate of drug-likeness (QED) is 0.651. The van der Waals surface area contributed by atoms with Crippen LogP contribution in [0.4, 0.5) is 0 Å². The lowest BCUT2D eigenvalue weighted by Gasteiger charge is -2.08. The Labute approximate surface area is 147 Å². The number of aromatic nitrogens is 3. The Morgan fingerprint density at radius 3 is 2.88 bits per heavy atom. The molecule has 0 saturated carbocycles. The highest BCUT2D eigenvalue weighted by Crippen LogP contribution is 2.22. The SMILES string of the molecule is CCOC(=O)c1cnc2sc(COc3cccc(C)c3C)nn2c1=O. The minimum atomic E-state index is -0.699. The van der Waals surface area contributed by atoms with Crippen LogP contribution < -0.4 is 10.3 Å². The number of hydrogen-bond donors (Lipinski definition) is 0. The fraction of sp³-hybridized carbons (Fsp3) is 0.294. The van der Waals surface area contributed by atoms with E-state index >= 15 is 0 Å². The molecule has 0 spiro atoms. The fourth-order valence-electron chi connectivity index (χ4n) is 2.25. The van der Waals surface area contributed by atoms with Gasteiger partial charge in [-0.1, -0.05) is 23.5 Å². The van der Waals surface area contributed by atoms with Crippen molar-refractivity contribution in [1.82, 2.24) is 14.6 Å². The van der Waals surface area contributed by atoms with Crippen LogP contribution in [0.5, 0.6) is 5.75 Å². The molecule has 130 valence electrons. The minimum absolute atomic E-state index is 0.133. The Balaban J connectivity index is 1.86. The molecule has 0 radical (unpaired) electrons. The van der Waals surface area contributed by atoms with Crippen molar-refractivity contribution in [1.29, 1.82) is 0 Å². The first-order valence-electron chi connectivity index (χ1n) is 7.75. The van der Waals surface area contributed by atoms with Gasteiger partial charge < -0.3 is 9.47 Å². The third kappa shape index (κ3) is 3.39. The number of esters is 1. The van der Waals surface area contributed by atoms with Crippen molar-refractivity contribution >= 4 is 22.3 Å². The van der Waals surface area contributed by atoms with Crippen LogP contribution in [0.2, 0.25) is 0 Å². The number of rotatable bonds is 5. The molecule has 2 aromatic heterocycles. The highest BCUT2D eigenvalue weighted by Gasteiger charge is 2.17. The number of ether oxygens (including phenoxy) is 2. The molecule has 0 aliphatic carbocycles. The van der Waals surface area contributed by atoms with Gasteiger partial charge in [0, 0.05) is 0 Å². The number of hydrogen-bond acceptors (Lipinski definition) is 7. The summed E-state index contributed by atoms with van der Waals surface area (Å²) in [5, 5.41) is 4.80. The monoisotopic (exact) mass is 359 g/mol. The molecule has 0 N–H and O–H groups in total. The summed E-state index contributed by atoms with van der Waals surface area (Å²) in [6.07, 6.45) is 1.23. The van der Waals surface area contributed by atoms with Gasteiger partial charge >= 0.3 is 5.97 Å². The summed E-state index contributed by atoms with van der Waals surface area (Å²) in [5.74, 6) is 0.0716. The average Bonchev–Trinajstić information content (AvgIpc) is 3.01. The van der Waals surface area contributed by atoms with Crippen molar-refractivity contribution in [2.24, 2.45) is 0 Å². The Morgan fingerprint density at radius 2 is 2.12 bits per heavy atom. The summed E-state index contributed by atoms with van der Waals surface area (Å²) in [4.78, 5) is 28.6. The maximum atomic E-state index is 12.4. The van der Waals surface area contributed by atoms with Gasteiger partial charge in [0.05, 0.1) is 12.8 Å². The Hall–Kier alpha value is -2.74. The highest BCUT2D eigenvalue weighted by molar-refractivity contribution is 7.16. The molecule has 7 nitrogen and oxygen atoms in total. The molecule has 0 fully saturated rings. The number of benzene rings is 1. The van der Waals surface area contributed by atoms with Gasteiger partial charge in [-0.05, 0) is 38.0 Å². The number of carbonyl (C=O) groups is 1. The Bertz CT molecular complexity index is 993. The molecule has 25 heavy (non-hydrogen) atoms. The zero-order chi connectivity index (χ0) is 18.0. The summed E-state index contributed by atoms with van der Waals surface area (Å²) in [5.41, 5.74) is 1.52. The van der Waals surface area contributed by atoms with Crippen molar-refractivity contribution in [2.75, 3.05) is 6.61 Å². The second-order valence-electron chi connectivity index (χ2n) is 5.37. The molecule has 0 aliphatic rings. The molecule has 0 aliphatic heterocycles. The number of carbonyl (C=O) groups excluding carboxylic acids is 1. The normalized spacial score (nSPS) is 10.8. The first-order chi connectivity index (χ1) is 12.0. The number of fused-ring (bicyclic) bond motifs is 1. The maximum absolute atomic E-state index is 12.4. The Morgan fingerprint density at radius 1 is 1.32 bits per heavy atom. The molecular weight excluding hydrogens is 342 g/mol. The fourth-order valence-corrected chi connectivity index (χ4v) is 3.02. The molecule has 1 aromatic carbocycles. The standard InChI is InChI=1S/C17H17N3O4S/c1-4-23-16(22)12-8-18-17-20(15(12)21)19-14(25-17)9-24-13-7-5-6-10(2)11(13)3/h5-8H,4,9H2,1-3H3. The van der Waals surface area contributed by atoms with Crippen molar-refractivity contribution in [3.63, 3.8) is 0 Å². The van der Waals surface area contributed by atoms with Crippen LogP contribution in [0.25, 0.3) is 4.96 Å². The van der Waals surface area contributed by atoms with Crippen molar-refractivity contribution in [2.45, 2.75) is 27.4 Å². The molecule has 0 saturated heterocycles. The van der Waals surface area contributed by atoms with E-state index in [9.17, 15) is 9.59 Å². The van der Waals surface area contributed by atoms with Crippen LogP contribution in [0.3, 0.4) is 0 Å². The first kappa shape index (κ1) is 17.1. The van der Waals surface area contributed by atoms with E-state index in [0.717, 1.165) is 21.4 Å². The number of aryl methyl sites for hydroxylation is 1. The molecule has 3 rings (SSSR count). The third-order valence-electron chi connectivity index (χ3n) is 3.73. The predicted molar refractivity (Wildman–Crippen MR) is 93.3 cm³/mol. The molecule has 3 aromatic rings. The predicted octanol–water partition coefficient (Wildman–Crippen LogP) is 2.52. The molecule has 2 heterocycles. The van der Waals surface area contributed by atoms with Gasteiger partial charge in [0.25, 0.3) is 5.56 Å². The van der Waals surface area contributed by atoms with Crippen molar-refractivity contribution < 1.29 is 14.3 Å². The summed E-state index contributed by atoms with van der Waals surface area (Å²) in [6.45, 7) is 6.08. The molecule has 0 bridgehead atoms. The number of nitrogens with zero attached hydrogens (tertiary/aromatic N) is 3. The van der Waals surface area contributed by atoms with Crippen molar-refractivity contribution in [3.05, 3.63) is 56.4 Å². The highest BCUT2D eigenvalue weighted by atomic mass is 32.1. The molecule has 0 amide bonds. The largest absolute Gasteiger partial charge is 0.486 e. The van der Waals surface area contributed by atoms with E-state index in [1.54, 1.807) is 6.92 Å². The van der Waals surface area contributed by atoms with Gasteiger partial charge in [-0.3, -0.25) is 4.79 Å². The second-order valence-corrected chi connectivity index (χ2v) is 6.41. The topological polar surface area (TPSA) is 82.8 Å².